The lowest BCUT2D eigenvalue weighted by atomic mass is 9.47. The molecule has 4 aliphatic carbocycles. The van der Waals surface area contributed by atoms with Crippen LogP contribution in [0.15, 0.2) is 35.3 Å². The van der Waals surface area contributed by atoms with Crippen LogP contribution in [-0.4, -0.2) is 28.0 Å². The number of nitrogens with zero attached hydrogens (tertiary/aromatic N) is 2. The van der Waals surface area contributed by atoms with Gasteiger partial charge in [0.1, 0.15) is 10.8 Å². The number of anilines is 2. The lowest BCUT2D eigenvalue weighted by molar-refractivity contribution is -0.173. The van der Waals surface area contributed by atoms with Crippen molar-refractivity contribution in [3.63, 3.8) is 0 Å². The number of hydrogen-bond donors (Lipinski definition) is 2. The van der Waals surface area contributed by atoms with Gasteiger partial charge in [0, 0.05) is 5.69 Å². The van der Waals surface area contributed by atoms with Crippen molar-refractivity contribution in [2.45, 2.75) is 44.1 Å². The van der Waals surface area contributed by atoms with Crippen LogP contribution in [0.2, 0.25) is 5.02 Å². The first-order chi connectivity index (χ1) is 14.3. The fourth-order valence-electron chi connectivity index (χ4n) is 6.40. The van der Waals surface area contributed by atoms with Crippen molar-refractivity contribution < 1.29 is 14.6 Å². The number of hydrogen-bond acceptors (Lipinski definition) is 5. The fourth-order valence-corrected chi connectivity index (χ4v) is 6.58. The molecular weight excluding hydrogens is 406 g/mol. The lowest BCUT2D eigenvalue weighted by Crippen LogP contribution is -2.61. The van der Waals surface area contributed by atoms with E-state index in [0.29, 0.717) is 36.8 Å². The minimum absolute atomic E-state index is 0.0703. The molecule has 2 N–H and O–H groups in total. The van der Waals surface area contributed by atoms with Crippen LogP contribution in [0.3, 0.4) is 0 Å². The van der Waals surface area contributed by atoms with Gasteiger partial charge in [-0.15, -0.1) is 0 Å². The lowest BCUT2D eigenvalue weighted by Gasteiger charge is -2.60. The highest BCUT2D eigenvalue weighted by molar-refractivity contribution is 6.33. The van der Waals surface area contributed by atoms with Crippen LogP contribution in [0.4, 0.5) is 11.4 Å². The third kappa shape index (κ3) is 2.90. The van der Waals surface area contributed by atoms with Crippen molar-refractivity contribution in [1.82, 2.24) is 9.78 Å². The molecular formula is C22H24ClN3O4. The fraction of sp³-hybridized carbons (Fsp3) is 0.500. The summed E-state index contributed by atoms with van der Waals surface area (Å²) in [6, 6.07) is 7.28. The molecule has 1 aromatic carbocycles. The van der Waals surface area contributed by atoms with E-state index < -0.39 is 16.9 Å². The van der Waals surface area contributed by atoms with Gasteiger partial charge in [-0.3, -0.25) is 9.59 Å². The van der Waals surface area contributed by atoms with Crippen LogP contribution in [0.1, 0.15) is 38.5 Å². The summed E-state index contributed by atoms with van der Waals surface area (Å²) in [5, 5.41) is 17.6. The van der Waals surface area contributed by atoms with E-state index >= 15 is 0 Å². The summed E-state index contributed by atoms with van der Waals surface area (Å²) >= 11 is 6.47. The predicted octanol–water partition coefficient (Wildman–Crippen LogP) is 4.03. The van der Waals surface area contributed by atoms with Crippen molar-refractivity contribution in [3.8, 4) is 5.75 Å². The summed E-state index contributed by atoms with van der Waals surface area (Å²) in [4.78, 5) is 25.4. The van der Waals surface area contributed by atoms with Crippen molar-refractivity contribution in [2.75, 3.05) is 12.4 Å². The molecule has 4 bridgehead atoms. The smallest absolute Gasteiger partial charge is 0.309 e. The Hall–Kier alpha value is -2.54. The van der Waals surface area contributed by atoms with Crippen LogP contribution in [0, 0.1) is 17.3 Å². The highest BCUT2D eigenvalue weighted by Crippen LogP contribution is 2.63. The molecule has 2 unspecified atom stereocenters. The molecule has 4 saturated carbocycles. The number of carboxylic acid groups (broad SMARTS) is 1. The minimum atomic E-state index is -0.738. The summed E-state index contributed by atoms with van der Waals surface area (Å²) in [5.74, 6) is 0.645. The molecule has 4 aliphatic rings. The highest BCUT2D eigenvalue weighted by atomic mass is 35.5. The molecule has 7 nitrogen and oxygen atoms in total. The molecule has 4 fully saturated rings. The second-order valence-corrected chi connectivity index (χ2v) is 9.59. The van der Waals surface area contributed by atoms with Gasteiger partial charge in [0.25, 0.3) is 5.56 Å². The first kappa shape index (κ1) is 19.4. The van der Waals surface area contributed by atoms with Gasteiger partial charge in [-0.1, -0.05) is 11.6 Å². The number of methoxy groups -OCH3 is 1. The zero-order valence-electron chi connectivity index (χ0n) is 16.7. The normalized spacial score (nSPS) is 31.5. The summed E-state index contributed by atoms with van der Waals surface area (Å²) < 4.78 is 6.65. The Morgan fingerprint density at radius 1 is 1.23 bits per heavy atom. The Balaban J connectivity index is 1.49. The number of aromatic nitrogens is 2. The maximum Gasteiger partial charge on any atom is 0.309 e. The Bertz CT molecular complexity index is 1050. The van der Waals surface area contributed by atoms with Gasteiger partial charge >= 0.3 is 5.97 Å². The minimum Gasteiger partial charge on any atom is -0.497 e. The van der Waals surface area contributed by atoms with E-state index in [2.05, 4.69) is 10.4 Å². The number of carbonyl (C=O) groups is 1. The number of rotatable bonds is 5. The molecule has 2 aromatic rings. The van der Waals surface area contributed by atoms with Crippen molar-refractivity contribution in [1.29, 1.82) is 0 Å². The third-order valence-electron chi connectivity index (χ3n) is 7.22. The maximum atomic E-state index is 13.2. The van der Waals surface area contributed by atoms with E-state index in [4.69, 9.17) is 16.3 Å². The van der Waals surface area contributed by atoms with Gasteiger partial charge in [-0.2, -0.15) is 5.10 Å². The molecule has 158 valence electrons. The van der Waals surface area contributed by atoms with Crippen LogP contribution in [0.25, 0.3) is 0 Å². The van der Waals surface area contributed by atoms with Gasteiger partial charge in [0.05, 0.1) is 29.9 Å². The van der Waals surface area contributed by atoms with Crippen LogP contribution in [0.5, 0.6) is 5.75 Å². The number of benzene rings is 1. The molecule has 0 saturated heterocycles. The maximum absolute atomic E-state index is 13.2. The van der Waals surface area contributed by atoms with E-state index in [0.717, 1.165) is 30.7 Å². The summed E-state index contributed by atoms with van der Waals surface area (Å²) in [6.45, 7) is 0. The van der Waals surface area contributed by atoms with Crippen molar-refractivity contribution in [2.24, 2.45) is 17.3 Å². The second-order valence-electron chi connectivity index (χ2n) is 9.21. The number of nitrogens with one attached hydrogen (secondary N) is 1. The Morgan fingerprint density at radius 3 is 2.50 bits per heavy atom. The molecule has 0 radical (unpaired) electrons. The molecule has 30 heavy (non-hydrogen) atoms. The van der Waals surface area contributed by atoms with Crippen molar-refractivity contribution >= 4 is 28.9 Å². The Kier molecular flexibility index (Phi) is 4.36. The van der Waals surface area contributed by atoms with Crippen LogP contribution >= 0.6 is 11.6 Å². The molecule has 1 heterocycles. The summed E-state index contributed by atoms with van der Waals surface area (Å²) in [6.07, 6.45) is 6.09. The highest BCUT2D eigenvalue weighted by Gasteiger charge is 2.62. The van der Waals surface area contributed by atoms with Crippen LogP contribution in [-0.2, 0) is 10.3 Å². The molecule has 6 rings (SSSR count). The van der Waals surface area contributed by atoms with E-state index in [-0.39, 0.29) is 10.6 Å². The van der Waals surface area contributed by atoms with E-state index in [9.17, 15) is 14.7 Å². The van der Waals surface area contributed by atoms with Gasteiger partial charge < -0.3 is 15.2 Å². The topological polar surface area (TPSA) is 93.4 Å². The monoisotopic (exact) mass is 429 g/mol. The molecule has 8 heteroatoms. The number of aliphatic carboxylic acids is 1. The standard InChI is InChI=1S/C22H24ClN3O4/c1-30-16-4-2-15(3-5-16)25-17-11-24-26(19(27)18(17)23)22-9-13-6-14(10-22)8-21(7-13,12-22)20(28)29/h2-5,11,13-14,25H,6-10,12H2,1H3,(H,28,29)/t13-,14+,21?,22?. The third-order valence-corrected chi connectivity index (χ3v) is 7.59. The number of halogens is 1. The van der Waals surface area contributed by atoms with Gasteiger partial charge in [0.2, 0.25) is 0 Å². The average molecular weight is 430 g/mol. The molecule has 4 atom stereocenters. The van der Waals surface area contributed by atoms with E-state index in [1.54, 1.807) is 13.3 Å². The first-order valence-electron chi connectivity index (χ1n) is 10.3. The first-order valence-corrected chi connectivity index (χ1v) is 10.6. The zero-order chi connectivity index (χ0) is 21.1. The van der Waals surface area contributed by atoms with Crippen LogP contribution < -0.4 is 15.6 Å². The van der Waals surface area contributed by atoms with Gasteiger partial charge in [-0.25, -0.2) is 4.68 Å². The van der Waals surface area contributed by atoms with Gasteiger partial charge in [0.15, 0.2) is 0 Å². The van der Waals surface area contributed by atoms with Crippen molar-refractivity contribution in [3.05, 3.63) is 45.8 Å². The molecule has 1 aromatic heterocycles. The van der Waals surface area contributed by atoms with Gasteiger partial charge in [-0.05, 0) is 74.6 Å². The molecule has 0 spiro atoms. The largest absolute Gasteiger partial charge is 0.497 e. The SMILES string of the molecule is COc1ccc(Nc2cnn(C34C[C@@H]5C[C@@H](CC(C(=O)O)(C5)C3)C4)c(=O)c2Cl)cc1. The second kappa shape index (κ2) is 6.74. The molecule has 0 amide bonds. The Morgan fingerprint density at radius 2 is 1.90 bits per heavy atom. The number of carboxylic acids is 1. The zero-order valence-corrected chi connectivity index (χ0v) is 17.5. The average Bonchev–Trinajstić information content (AvgIpc) is 2.71. The quantitative estimate of drug-likeness (QED) is 0.745. The predicted molar refractivity (Wildman–Crippen MR) is 113 cm³/mol. The van der Waals surface area contributed by atoms with E-state index in [1.165, 1.54) is 4.68 Å². The summed E-state index contributed by atoms with van der Waals surface area (Å²) in [7, 11) is 1.60. The molecule has 0 aliphatic heterocycles. The number of ether oxygens (including phenoxy) is 1. The van der Waals surface area contributed by atoms with E-state index in [1.807, 2.05) is 24.3 Å². The summed E-state index contributed by atoms with van der Waals surface area (Å²) in [5.41, 5.74) is -0.464. The Labute approximate surface area is 179 Å².